The van der Waals surface area contributed by atoms with Crippen LogP contribution in [0, 0.1) is 17.2 Å². The van der Waals surface area contributed by atoms with Gasteiger partial charge in [-0.1, -0.05) is 26.0 Å². The number of nitriles is 1. The molecule has 0 aliphatic carbocycles. The van der Waals surface area contributed by atoms with Crippen LogP contribution < -0.4 is 10.1 Å². The average molecular weight is 258 g/mol. The topological polar surface area (TPSA) is 58.2 Å². The van der Waals surface area contributed by atoms with E-state index in [-0.39, 0.29) is 5.76 Å². The summed E-state index contributed by atoms with van der Waals surface area (Å²) in [5.74, 6) is 1.18. The Bertz CT molecular complexity index is 583. The van der Waals surface area contributed by atoms with Gasteiger partial charge in [0.1, 0.15) is 11.7 Å². The Labute approximate surface area is 113 Å². The molecule has 1 aromatic carbocycles. The number of ether oxygens (including phenoxy) is 1. The zero-order chi connectivity index (χ0) is 13.7. The molecule has 0 aliphatic rings. The van der Waals surface area contributed by atoms with E-state index in [9.17, 15) is 0 Å². The van der Waals surface area contributed by atoms with Gasteiger partial charge in [-0.2, -0.15) is 5.26 Å². The van der Waals surface area contributed by atoms with E-state index in [0.717, 1.165) is 18.5 Å². The van der Waals surface area contributed by atoms with E-state index in [0.29, 0.717) is 23.9 Å². The highest BCUT2D eigenvalue weighted by Crippen LogP contribution is 2.32. The van der Waals surface area contributed by atoms with E-state index in [4.69, 9.17) is 14.4 Å². The van der Waals surface area contributed by atoms with Gasteiger partial charge in [0.2, 0.25) is 5.76 Å². The van der Waals surface area contributed by atoms with Crippen LogP contribution in [-0.4, -0.2) is 19.7 Å². The highest BCUT2D eigenvalue weighted by atomic mass is 16.5. The molecule has 0 spiro atoms. The second kappa shape index (κ2) is 6.26. The fraction of sp³-hybridized carbons (Fsp3) is 0.400. The van der Waals surface area contributed by atoms with Crippen LogP contribution >= 0.6 is 0 Å². The monoisotopic (exact) mass is 258 g/mol. The predicted octanol–water partition coefficient (Wildman–Crippen LogP) is 2.93. The van der Waals surface area contributed by atoms with Gasteiger partial charge in [0.15, 0.2) is 5.75 Å². The van der Waals surface area contributed by atoms with Crippen molar-refractivity contribution in [3.8, 4) is 11.8 Å². The fourth-order valence-corrected chi connectivity index (χ4v) is 1.91. The molecule has 4 heteroatoms. The number of furan rings is 1. The lowest BCUT2D eigenvalue weighted by molar-refractivity contribution is 0.255. The van der Waals surface area contributed by atoms with Gasteiger partial charge < -0.3 is 14.5 Å². The van der Waals surface area contributed by atoms with Crippen molar-refractivity contribution >= 4 is 11.0 Å². The first-order valence-electron chi connectivity index (χ1n) is 6.51. The molecular weight excluding hydrogens is 240 g/mol. The van der Waals surface area contributed by atoms with Crippen molar-refractivity contribution in [3.05, 3.63) is 30.0 Å². The Balaban J connectivity index is 2.13. The third kappa shape index (κ3) is 3.07. The first kappa shape index (κ1) is 13.4. The van der Waals surface area contributed by atoms with Crippen molar-refractivity contribution < 1.29 is 9.15 Å². The lowest BCUT2D eigenvalue weighted by Crippen LogP contribution is -2.24. The van der Waals surface area contributed by atoms with Gasteiger partial charge in [-0.3, -0.25) is 0 Å². The molecule has 1 atom stereocenters. The molecule has 0 saturated carbocycles. The predicted molar refractivity (Wildman–Crippen MR) is 74.1 cm³/mol. The van der Waals surface area contributed by atoms with Crippen LogP contribution in [0.4, 0.5) is 0 Å². The number of nitrogens with one attached hydrogen (secondary N) is 1. The molecule has 100 valence electrons. The van der Waals surface area contributed by atoms with Crippen LogP contribution in [0.2, 0.25) is 0 Å². The van der Waals surface area contributed by atoms with Crippen LogP contribution in [0.25, 0.3) is 11.0 Å². The first-order valence-corrected chi connectivity index (χ1v) is 6.51. The van der Waals surface area contributed by atoms with Gasteiger partial charge in [0.25, 0.3) is 0 Å². The molecule has 4 nitrogen and oxygen atoms in total. The molecule has 19 heavy (non-hydrogen) atoms. The summed E-state index contributed by atoms with van der Waals surface area (Å²) in [6.07, 6.45) is 0. The molecule has 1 N–H and O–H groups in total. The Kier molecular flexibility index (Phi) is 4.43. The number of fused-ring (bicyclic) bond motifs is 1. The lowest BCUT2D eigenvalue weighted by atomic mass is 10.2. The number of hydrogen-bond acceptors (Lipinski definition) is 4. The minimum absolute atomic E-state index is 0.247. The van der Waals surface area contributed by atoms with Crippen molar-refractivity contribution in [3.63, 3.8) is 0 Å². The normalized spacial score (nSPS) is 12.3. The number of hydrogen-bond donors (Lipinski definition) is 1. The Morgan fingerprint density at radius 3 is 2.95 bits per heavy atom. The summed E-state index contributed by atoms with van der Waals surface area (Å²) >= 11 is 0. The van der Waals surface area contributed by atoms with E-state index in [1.54, 1.807) is 0 Å². The van der Waals surface area contributed by atoms with Crippen molar-refractivity contribution in [2.45, 2.75) is 13.8 Å². The van der Waals surface area contributed by atoms with Crippen LogP contribution in [0.15, 0.2) is 28.7 Å². The molecule has 0 fully saturated rings. The van der Waals surface area contributed by atoms with Crippen LogP contribution in [0.1, 0.15) is 19.6 Å². The zero-order valence-corrected chi connectivity index (χ0v) is 11.3. The summed E-state index contributed by atoms with van der Waals surface area (Å²) in [6, 6.07) is 9.58. The minimum atomic E-state index is 0.247. The largest absolute Gasteiger partial charge is 0.488 e. The number of rotatable bonds is 6. The molecule has 0 bridgehead atoms. The Morgan fingerprint density at radius 1 is 1.42 bits per heavy atom. The van der Waals surface area contributed by atoms with Gasteiger partial charge in [-0.25, -0.2) is 0 Å². The highest BCUT2D eigenvalue weighted by Gasteiger charge is 2.15. The highest BCUT2D eigenvalue weighted by molar-refractivity contribution is 5.86. The molecule has 1 heterocycles. The standard InChI is InChI=1S/C15H18N2O2/c1-3-17-9-11(2)10-18-15-12-6-4-5-7-13(12)19-14(15)8-16/h4-7,11,17H,3,9-10H2,1-2H3. The quantitative estimate of drug-likeness (QED) is 0.865. The molecule has 0 aliphatic heterocycles. The molecular formula is C15H18N2O2. The summed E-state index contributed by atoms with van der Waals surface area (Å²) in [4.78, 5) is 0. The summed E-state index contributed by atoms with van der Waals surface area (Å²) in [6.45, 7) is 6.59. The molecule has 0 saturated heterocycles. The Morgan fingerprint density at radius 2 is 2.21 bits per heavy atom. The van der Waals surface area contributed by atoms with Gasteiger partial charge in [-0.15, -0.1) is 0 Å². The van der Waals surface area contributed by atoms with Crippen molar-refractivity contribution in [1.29, 1.82) is 5.26 Å². The zero-order valence-electron chi connectivity index (χ0n) is 11.3. The van der Waals surface area contributed by atoms with Gasteiger partial charge >= 0.3 is 0 Å². The molecule has 1 aromatic heterocycles. The SMILES string of the molecule is CCNCC(C)COc1c(C#N)oc2ccccc12. The number of nitrogens with zero attached hydrogens (tertiary/aromatic N) is 1. The van der Waals surface area contributed by atoms with E-state index < -0.39 is 0 Å². The summed E-state index contributed by atoms with van der Waals surface area (Å²) in [7, 11) is 0. The smallest absolute Gasteiger partial charge is 0.246 e. The van der Waals surface area contributed by atoms with Gasteiger partial charge in [0.05, 0.1) is 12.0 Å². The summed E-state index contributed by atoms with van der Waals surface area (Å²) < 4.78 is 11.2. The maximum absolute atomic E-state index is 9.09. The number of benzene rings is 1. The van der Waals surface area contributed by atoms with E-state index >= 15 is 0 Å². The van der Waals surface area contributed by atoms with E-state index in [1.807, 2.05) is 30.3 Å². The molecule has 0 amide bonds. The molecule has 1 unspecified atom stereocenters. The number of para-hydroxylation sites is 1. The minimum Gasteiger partial charge on any atom is -0.488 e. The van der Waals surface area contributed by atoms with E-state index in [1.165, 1.54) is 0 Å². The molecule has 0 radical (unpaired) electrons. The third-order valence-corrected chi connectivity index (χ3v) is 2.91. The molecule has 2 aromatic rings. The maximum atomic E-state index is 9.09. The van der Waals surface area contributed by atoms with Gasteiger partial charge in [-0.05, 0) is 18.7 Å². The molecule has 2 rings (SSSR count). The van der Waals surface area contributed by atoms with Crippen LogP contribution in [-0.2, 0) is 0 Å². The van der Waals surface area contributed by atoms with E-state index in [2.05, 4.69) is 19.2 Å². The van der Waals surface area contributed by atoms with Gasteiger partial charge in [0, 0.05) is 12.5 Å². The van der Waals surface area contributed by atoms with Crippen molar-refractivity contribution in [2.75, 3.05) is 19.7 Å². The summed E-state index contributed by atoms with van der Waals surface area (Å²) in [5, 5.41) is 13.2. The second-order valence-electron chi connectivity index (χ2n) is 4.59. The lowest BCUT2D eigenvalue weighted by Gasteiger charge is -2.12. The van der Waals surface area contributed by atoms with Crippen molar-refractivity contribution in [1.82, 2.24) is 5.32 Å². The Hall–Kier alpha value is -1.99. The van der Waals surface area contributed by atoms with Crippen LogP contribution in [0.5, 0.6) is 5.75 Å². The average Bonchev–Trinajstić information content (AvgIpc) is 2.80. The first-order chi connectivity index (χ1) is 9.26. The van der Waals surface area contributed by atoms with Crippen LogP contribution in [0.3, 0.4) is 0 Å². The maximum Gasteiger partial charge on any atom is 0.246 e. The fourth-order valence-electron chi connectivity index (χ4n) is 1.91. The van der Waals surface area contributed by atoms with Crippen molar-refractivity contribution in [2.24, 2.45) is 5.92 Å². The summed E-state index contributed by atoms with van der Waals surface area (Å²) in [5.41, 5.74) is 0.688. The second-order valence-corrected chi connectivity index (χ2v) is 4.59. The third-order valence-electron chi connectivity index (χ3n) is 2.91.